The van der Waals surface area contributed by atoms with Crippen LogP contribution in [0, 0.1) is 22.7 Å². The molecule has 2 bridgehead atoms. The van der Waals surface area contributed by atoms with Crippen LogP contribution >= 0.6 is 0 Å². The predicted molar refractivity (Wildman–Crippen MR) is 57.1 cm³/mol. The molecule has 0 spiro atoms. The molecule has 4 aliphatic rings. The van der Waals surface area contributed by atoms with Gasteiger partial charge in [0.25, 0.3) is 0 Å². The van der Waals surface area contributed by atoms with E-state index in [-0.39, 0.29) is 16.8 Å². The summed E-state index contributed by atoms with van der Waals surface area (Å²) in [5, 5.41) is 0. The molecule has 1 saturated heterocycles. The number of hydrogen-bond acceptors (Lipinski definition) is 2. The lowest BCUT2D eigenvalue weighted by atomic mass is 9.46. The minimum absolute atomic E-state index is 0.0448. The fraction of sp³-hybridized carbons (Fsp3) is 0.769. The molecule has 1 saturated carbocycles. The third kappa shape index (κ3) is 0.812. The van der Waals surface area contributed by atoms with Crippen molar-refractivity contribution >= 4 is 5.97 Å². The highest BCUT2D eigenvalue weighted by Crippen LogP contribution is 2.65. The van der Waals surface area contributed by atoms with Gasteiger partial charge in [-0.25, -0.2) is 0 Å². The number of esters is 1. The van der Waals surface area contributed by atoms with Gasteiger partial charge in [-0.2, -0.15) is 0 Å². The first-order valence-corrected chi connectivity index (χ1v) is 6.00. The number of allylic oxidation sites excluding steroid dienone is 2. The van der Waals surface area contributed by atoms with Gasteiger partial charge in [-0.15, -0.1) is 0 Å². The van der Waals surface area contributed by atoms with Gasteiger partial charge in [0.1, 0.15) is 0 Å². The van der Waals surface area contributed by atoms with Crippen LogP contribution in [0.3, 0.4) is 0 Å². The number of rotatable bonds is 1. The molecule has 4 unspecified atom stereocenters. The van der Waals surface area contributed by atoms with Crippen molar-refractivity contribution in [3.8, 4) is 0 Å². The Kier molecular flexibility index (Phi) is 1.67. The summed E-state index contributed by atoms with van der Waals surface area (Å²) in [5.41, 5.74) is -0.138. The van der Waals surface area contributed by atoms with Crippen LogP contribution in [0.25, 0.3) is 0 Å². The Morgan fingerprint density at radius 3 is 2.60 bits per heavy atom. The second-order valence-corrected chi connectivity index (χ2v) is 5.46. The monoisotopic (exact) mass is 206 g/mol. The van der Waals surface area contributed by atoms with Gasteiger partial charge in [-0.1, -0.05) is 19.1 Å². The van der Waals surface area contributed by atoms with E-state index in [0.29, 0.717) is 18.4 Å². The summed E-state index contributed by atoms with van der Waals surface area (Å²) in [7, 11) is 0. The maximum atomic E-state index is 12.0. The average molecular weight is 206 g/mol. The van der Waals surface area contributed by atoms with Crippen molar-refractivity contribution in [3.63, 3.8) is 0 Å². The minimum atomic E-state index is -0.237. The predicted octanol–water partition coefficient (Wildman–Crippen LogP) is 2.54. The first-order valence-electron chi connectivity index (χ1n) is 6.00. The summed E-state index contributed by atoms with van der Waals surface area (Å²) in [6.45, 7) is 4.98. The Labute approximate surface area is 90.7 Å². The molecule has 1 aliphatic heterocycles. The maximum absolute atomic E-state index is 12.0. The van der Waals surface area contributed by atoms with Crippen molar-refractivity contribution < 1.29 is 9.53 Å². The summed E-state index contributed by atoms with van der Waals surface area (Å²) in [5.74, 6) is 1.02. The number of carbonyl (C=O) groups is 1. The fourth-order valence-corrected chi connectivity index (χ4v) is 4.20. The van der Waals surface area contributed by atoms with Crippen LogP contribution in [0.1, 0.15) is 33.1 Å². The van der Waals surface area contributed by atoms with Gasteiger partial charge in [0.2, 0.25) is 0 Å². The van der Waals surface area contributed by atoms with E-state index >= 15 is 0 Å². The minimum Gasteiger partial charge on any atom is -0.465 e. The number of fused-ring (bicyclic) bond motifs is 1. The van der Waals surface area contributed by atoms with Crippen molar-refractivity contribution in [1.29, 1.82) is 0 Å². The molecule has 2 heteroatoms. The molecular formula is C13H18O2. The van der Waals surface area contributed by atoms with Crippen LogP contribution in [0.5, 0.6) is 0 Å². The van der Waals surface area contributed by atoms with Crippen LogP contribution in [0.2, 0.25) is 0 Å². The van der Waals surface area contributed by atoms with E-state index in [1.54, 1.807) is 0 Å². The molecule has 82 valence electrons. The normalized spacial score (nSPS) is 51.7. The van der Waals surface area contributed by atoms with E-state index in [2.05, 4.69) is 26.0 Å². The maximum Gasteiger partial charge on any atom is 0.313 e. The number of ether oxygens (including phenoxy) is 1. The third-order valence-electron chi connectivity index (χ3n) is 5.37. The molecule has 1 heterocycles. The van der Waals surface area contributed by atoms with Crippen molar-refractivity contribution in [2.24, 2.45) is 22.7 Å². The van der Waals surface area contributed by atoms with Crippen LogP contribution in [-0.2, 0) is 9.53 Å². The molecule has 0 N–H and O–H groups in total. The zero-order valence-corrected chi connectivity index (χ0v) is 9.45. The lowest BCUT2D eigenvalue weighted by molar-refractivity contribution is -0.151. The quantitative estimate of drug-likeness (QED) is 0.487. The Bertz CT molecular complexity index is 346. The molecule has 0 aromatic heterocycles. The van der Waals surface area contributed by atoms with Gasteiger partial charge >= 0.3 is 5.97 Å². The largest absolute Gasteiger partial charge is 0.465 e. The van der Waals surface area contributed by atoms with Crippen LogP contribution in [0.15, 0.2) is 12.2 Å². The van der Waals surface area contributed by atoms with Crippen molar-refractivity contribution in [2.45, 2.75) is 33.1 Å². The molecule has 2 nitrogen and oxygen atoms in total. The van der Waals surface area contributed by atoms with E-state index in [9.17, 15) is 4.79 Å². The first-order chi connectivity index (χ1) is 7.15. The van der Waals surface area contributed by atoms with Gasteiger partial charge < -0.3 is 4.74 Å². The van der Waals surface area contributed by atoms with Crippen molar-refractivity contribution in [3.05, 3.63) is 12.2 Å². The molecule has 3 aliphatic carbocycles. The van der Waals surface area contributed by atoms with Crippen LogP contribution in [-0.4, -0.2) is 12.6 Å². The van der Waals surface area contributed by atoms with Gasteiger partial charge in [0.05, 0.1) is 12.0 Å². The zero-order valence-electron chi connectivity index (χ0n) is 9.45. The third-order valence-corrected chi connectivity index (χ3v) is 5.37. The number of carbonyl (C=O) groups excluding carboxylic acids is 1. The highest BCUT2D eigenvalue weighted by atomic mass is 16.5. The molecule has 0 aromatic carbocycles. The molecule has 4 rings (SSSR count). The van der Waals surface area contributed by atoms with Gasteiger partial charge in [0.15, 0.2) is 0 Å². The SMILES string of the molecule is CCC12COC(=O)C1(C)C1C=CC2CC1. The van der Waals surface area contributed by atoms with E-state index in [1.807, 2.05) is 0 Å². The van der Waals surface area contributed by atoms with Crippen molar-refractivity contribution in [2.75, 3.05) is 6.61 Å². The van der Waals surface area contributed by atoms with Gasteiger partial charge in [-0.05, 0) is 38.0 Å². The number of cyclic esters (lactones) is 1. The van der Waals surface area contributed by atoms with Crippen LogP contribution < -0.4 is 0 Å². The summed E-state index contributed by atoms with van der Waals surface area (Å²) < 4.78 is 5.40. The standard InChI is InChI=1S/C13H18O2/c1-3-13-8-15-11(14)12(13,2)9-4-6-10(13)7-5-9/h4,6,9-10H,3,5,7-8H2,1-2H3. The lowest BCUT2D eigenvalue weighted by Gasteiger charge is -2.54. The molecule has 4 atom stereocenters. The lowest BCUT2D eigenvalue weighted by Crippen LogP contribution is -2.55. The average Bonchev–Trinajstić information content (AvgIpc) is 2.57. The van der Waals surface area contributed by atoms with Crippen molar-refractivity contribution in [1.82, 2.24) is 0 Å². The first kappa shape index (κ1) is 9.44. The molecule has 2 fully saturated rings. The summed E-state index contributed by atoms with van der Waals surface area (Å²) >= 11 is 0. The second-order valence-electron chi connectivity index (χ2n) is 5.46. The van der Waals surface area contributed by atoms with Gasteiger partial charge in [-0.3, -0.25) is 4.79 Å². The number of hydrogen-bond donors (Lipinski definition) is 0. The summed E-state index contributed by atoms with van der Waals surface area (Å²) in [6, 6.07) is 0. The van der Waals surface area contributed by atoms with Gasteiger partial charge in [0, 0.05) is 5.41 Å². The second kappa shape index (κ2) is 2.66. The zero-order chi connectivity index (χ0) is 10.7. The smallest absolute Gasteiger partial charge is 0.313 e. The Morgan fingerprint density at radius 1 is 1.40 bits per heavy atom. The Morgan fingerprint density at radius 2 is 2.07 bits per heavy atom. The topological polar surface area (TPSA) is 26.3 Å². The summed E-state index contributed by atoms with van der Waals surface area (Å²) in [4.78, 5) is 12.0. The highest BCUT2D eigenvalue weighted by molar-refractivity contribution is 5.81. The van der Waals surface area contributed by atoms with E-state index in [1.165, 1.54) is 6.42 Å². The van der Waals surface area contributed by atoms with E-state index < -0.39 is 0 Å². The fourth-order valence-electron chi connectivity index (χ4n) is 4.20. The summed E-state index contributed by atoms with van der Waals surface area (Å²) in [6.07, 6.45) is 8.05. The van der Waals surface area contributed by atoms with E-state index in [0.717, 1.165) is 12.8 Å². The Hall–Kier alpha value is -0.790. The van der Waals surface area contributed by atoms with Crippen LogP contribution in [0.4, 0.5) is 0 Å². The highest BCUT2D eigenvalue weighted by Gasteiger charge is 2.67. The Balaban J connectivity index is 2.18. The molecule has 0 aromatic rings. The van der Waals surface area contributed by atoms with E-state index in [4.69, 9.17) is 4.74 Å². The molecule has 0 radical (unpaired) electrons. The molecular weight excluding hydrogens is 188 g/mol. The molecule has 0 amide bonds. The molecule has 15 heavy (non-hydrogen) atoms.